The average molecular weight is 323 g/mol. The Bertz CT molecular complexity index is 538. The zero-order valence-electron chi connectivity index (χ0n) is 12.1. The van der Waals surface area contributed by atoms with Crippen LogP contribution in [0.2, 0.25) is 0 Å². The van der Waals surface area contributed by atoms with E-state index in [9.17, 15) is 21.6 Å². The van der Waals surface area contributed by atoms with Crippen LogP contribution in [-0.4, -0.2) is 33.0 Å². The van der Waals surface area contributed by atoms with Crippen molar-refractivity contribution in [3.63, 3.8) is 0 Å². The van der Waals surface area contributed by atoms with Crippen molar-refractivity contribution in [2.24, 2.45) is 0 Å². The van der Waals surface area contributed by atoms with Gasteiger partial charge in [-0.1, -0.05) is 19.1 Å². The number of benzene rings is 1. The van der Waals surface area contributed by atoms with Gasteiger partial charge in [0.1, 0.15) is 9.84 Å². The molecule has 0 amide bonds. The molecule has 0 aliphatic carbocycles. The summed E-state index contributed by atoms with van der Waals surface area (Å²) in [5, 5.41) is 3.12. The second kappa shape index (κ2) is 7.26. The normalized spacial score (nSPS) is 14.1. The van der Waals surface area contributed by atoms with Crippen molar-refractivity contribution in [1.82, 2.24) is 5.32 Å². The van der Waals surface area contributed by atoms with E-state index in [4.69, 9.17) is 0 Å². The molecule has 0 aromatic heterocycles. The van der Waals surface area contributed by atoms with Crippen LogP contribution in [0.15, 0.2) is 24.3 Å². The van der Waals surface area contributed by atoms with Crippen molar-refractivity contribution in [3.05, 3.63) is 35.4 Å². The molecule has 21 heavy (non-hydrogen) atoms. The summed E-state index contributed by atoms with van der Waals surface area (Å²) in [6.45, 7) is 2.63. The maximum Gasteiger partial charge on any atom is 0.416 e. The number of sulfone groups is 1. The van der Waals surface area contributed by atoms with Gasteiger partial charge < -0.3 is 5.32 Å². The lowest BCUT2D eigenvalue weighted by molar-refractivity contribution is -0.137. The number of alkyl halides is 3. The van der Waals surface area contributed by atoms with E-state index in [1.54, 1.807) is 0 Å². The molecule has 120 valence electrons. The molecule has 3 nitrogen and oxygen atoms in total. The summed E-state index contributed by atoms with van der Waals surface area (Å²) in [6.07, 6.45) is -1.97. The largest absolute Gasteiger partial charge is 0.416 e. The monoisotopic (exact) mass is 323 g/mol. The van der Waals surface area contributed by atoms with Crippen LogP contribution < -0.4 is 5.32 Å². The summed E-state index contributed by atoms with van der Waals surface area (Å²) in [5.74, 6) is -0.0337. The molecule has 1 unspecified atom stereocenters. The highest BCUT2D eigenvalue weighted by molar-refractivity contribution is 7.90. The Balaban J connectivity index is 2.78. The Morgan fingerprint density at radius 2 is 1.76 bits per heavy atom. The Kier molecular flexibility index (Phi) is 6.22. The molecule has 0 saturated heterocycles. The first-order valence-corrected chi connectivity index (χ1v) is 8.75. The molecule has 0 fully saturated rings. The van der Waals surface area contributed by atoms with Gasteiger partial charge in [-0.05, 0) is 37.1 Å². The first-order valence-electron chi connectivity index (χ1n) is 6.69. The lowest BCUT2D eigenvalue weighted by atomic mass is 10.0. The molecule has 1 rings (SSSR count). The van der Waals surface area contributed by atoms with E-state index in [0.717, 1.165) is 24.8 Å². The third kappa shape index (κ3) is 6.95. The minimum Gasteiger partial charge on any atom is -0.313 e. The van der Waals surface area contributed by atoms with Crippen molar-refractivity contribution in [2.75, 3.05) is 18.6 Å². The predicted octanol–water partition coefficient (Wildman–Crippen LogP) is 2.66. The molecular formula is C14H20F3NO2S. The lowest BCUT2D eigenvalue weighted by Crippen LogP contribution is -2.37. The average Bonchev–Trinajstić information content (AvgIpc) is 2.33. The predicted molar refractivity (Wildman–Crippen MR) is 76.9 cm³/mol. The molecular weight excluding hydrogens is 303 g/mol. The minimum absolute atomic E-state index is 0.0337. The lowest BCUT2D eigenvalue weighted by Gasteiger charge is -2.18. The van der Waals surface area contributed by atoms with Gasteiger partial charge in [0.25, 0.3) is 0 Å². The number of nitrogens with one attached hydrogen (secondary N) is 1. The molecule has 0 heterocycles. The number of halogens is 3. The van der Waals surface area contributed by atoms with Crippen LogP contribution in [0.1, 0.15) is 24.5 Å². The summed E-state index contributed by atoms with van der Waals surface area (Å²) in [5.41, 5.74) is -0.0207. The van der Waals surface area contributed by atoms with Crippen molar-refractivity contribution in [2.45, 2.75) is 32.0 Å². The highest BCUT2D eigenvalue weighted by Gasteiger charge is 2.30. The van der Waals surface area contributed by atoms with E-state index in [2.05, 4.69) is 5.32 Å². The van der Waals surface area contributed by atoms with Crippen LogP contribution in [-0.2, 0) is 22.4 Å². The topological polar surface area (TPSA) is 46.2 Å². The van der Waals surface area contributed by atoms with Crippen LogP contribution in [0, 0.1) is 0 Å². The van der Waals surface area contributed by atoms with Crippen molar-refractivity contribution >= 4 is 9.84 Å². The van der Waals surface area contributed by atoms with Gasteiger partial charge in [-0.25, -0.2) is 8.42 Å². The summed E-state index contributed by atoms with van der Waals surface area (Å²) in [7, 11) is -3.15. The molecule has 1 aromatic rings. The Hall–Kier alpha value is -1.08. The molecule has 1 N–H and O–H groups in total. The molecule has 7 heteroatoms. The van der Waals surface area contributed by atoms with Crippen LogP contribution in [0.5, 0.6) is 0 Å². The van der Waals surface area contributed by atoms with Crippen molar-refractivity contribution in [1.29, 1.82) is 0 Å². The summed E-state index contributed by atoms with van der Waals surface area (Å²) in [6, 6.07) is 4.54. The van der Waals surface area contributed by atoms with Crippen LogP contribution in [0.4, 0.5) is 13.2 Å². The van der Waals surface area contributed by atoms with Gasteiger partial charge >= 0.3 is 6.18 Å². The zero-order valence-corrected chi connectivity index (χ0v) is 12.9. The highest BCUT2D eigenvalue weighted by Crippen LogP contribution is 2.29. The first kappa shape index (κ1) is 18.0. The standard InChI is InChI=1S/C14H20F3NO2S/c1-3-8-18-13(10-21(2,19)20)9-11-4-6-12(7-5-11)14(15,16)17/h4-7,13,18H,3,8-10H2,1-2H3. The maximum atomic E-state index is 12.5. The zero-order chi connectivity index (χ0) is 16.1. The molecule has 1 aromatic carbocycles. The molecule has 0 radical (unpaired) electrons. The SMILES string of the molecule is CCCNC(Cc1ccc(C(F)(F)F)cc1)CS(C)(=O)=O. The van der Waals surface area contributed by atoms with Gasteiger partial charge in [0.05, 0.1) is 11.3 Å². The van der Waals surface area contributed by atoms with Crippen LogP contribution in [0.3, 0.4) is 0 Å². The van der Waals surface area contributed by atoms with E-state index >= 15 is 0 Å². The van der Waals surface area contributed by atoms with Gasteiger partial charge in [-0.2, -0.15) is 13.2 Å². The van der Waals surface area contributed by atoms with Gasteiger partial charge in [-0.3, -0.25) is 0 Å². The summed E-state index contributed by atoms with van der Waals surface area (Å²) in [4.78, 5) is 0. The molecule has 1 atom stereocenters. The fraction of sp³-hybridized carbons (Fsp3) is 0.571. The Labute approximate surface area is 123 Å². The van der Waals surface area contributed by atoms with Crippen molar-refractivity contribution in [3.8, 4) is 0 Å². The maximum absolute atomic E-state index is 12.5. The smallest absolute Gasteiger partial charge is 0.313 e. The molecule has 0 bridgehead atoms. The summed E-state index contributed by atoms with van der Waals surface area (Å²) < 4.78 is 60.2. The molecule has 0 aliphatic rings. The van der Waals surface area contributed by atoms with E-state index < -0.39 is 21.6 Å². The van der Waals surface area contributed by atoms with E-state index in [1.165, 1.54) is 12.1 Å². The third-order valence-electron chi connectivity index (χ3n) is 2.95. The molecule has 0 spiro atoms. The van der Waals surface area contributed by atoms with Gasteiger partial charge in [0.15, 0.2) is 0 Å². The summed E-state index contributed by atoms with van der Waals surface area (Å²) >= 11 is 0. The van der Waals surface area contributed by atoms with Gasteiger partial charge in [0.2, 0.25) is 0 Å². The van der Waals surface area contributed by atoms with Gasteiger partial charge in [0, 0.05) is 12.3 Å². The number of hydrogen-bond acceptors (Lipinski definition) is 3. The Morgan fingerprint density at radius 1 is 1.19 bits per heavy atom. The minimum atomic E-state index is -4.36. The van der Waals surface area contributed by atoms with E-state index in [0.29, 0.717) is 18.5 Å². The number of hydrogen-bond donors (Lipinski definition) is 1. The van der Waals surface area contributed by atoms with E-state index in [-0.39, 0.29) is 11.8 Å². The molecule has 0 saturated carbocycles. The van der Waals surface area contributed by atoms with E-state index in [1.807, 2.05) is 6.92 Å². The fourth-order valence-electron chi connectivity index (χ4n) is 2.02. The second-order valence-electron chi connectivity index (χ2n) is 5.14. The van der Waals surface area contributed by atoms with Crippen LogP contribution in [0.25, 0.3) is 0 Å². The third-order valence-corrected chi connectivity index (χ3v) is 3.96. The molecule has 0 aliphatic heterocycles. The quantitative estimate of drug-likeness (QED) is 0.839. The number of rotatable bonds is 7. The van der Waals surface area contributed by atoms with Crippen LogP contribution >= 0.6 is 0 Å². The van der Waals surface area contributed by atoms with Crippen molar-refractivity contribution < 1.29 is 21.6 Å². The Morgan fingerprint density at radius 3 is 2.19 bits per heavy atom. The second-order valence-corrected chi connectivity index (χ2v) is 7.33. The van der Waals surface area contributed by atoms with Gasteiger partial charge in [-0.15, -0.1) is 0 Å². The first-order chi connectivity index (χ1) is 9.62. The fourth-order valence-corrected chi connectivity index (χ4v) is 2.98. The highest BCUT2D eigenvalue weighted by atomic mass is 32.2.